The van der Waals surface area contributed by atoms with E-state index in [1.807, 2.05) is 31.2 Å². The molecule has 16 aromatic heterocycles. The number of anilines is 4. The fraction of sp³-hybridized carbons (Fsp3) is 0.233. The van der Waals surface area contributed by atoms with Gasteiger partial charge < -0.3 is 48.1 Å². The van der Waals surface area contributed by atoms with E-state index in [4.69, 9.17) is 10.8 Å². The van der Waals surface area contributed by atoms with Crippen LogP contribution in [0.3, 0.4) is 0 Å². The van der Waals surface area contributed by atoms with Crippen LogP contribution in [0.1, 0.15) is 99.7 Å². The molecule has 8 amide bonds. The number of aliphatic hydroxyl groups excluding tert-OH is 1. The van der Waals surface area contributed by atoms with Crippen LogP contribution >= 0.6 is 47.0 Å². The molecule has 0 bridgehead atoms. The fourth-order valence-electron chi connectivity index (χ4n) is 11.6. The maximum absolute atomic E-state index is 12.2. The Balaban J connectivity index is 0.000000113. The number of hydrogen-bond acceptors (Lipinski definition) is 29. The minimum absolute atomic E-state index is 0.00168. The van der Waals surface area contributed by atoms with E-state index in [2.05, 4.69) is 118 Å². The zero-order valence-corrected chi connectivity index (χ0v) is 65.4. The van der Waals surface area contributed by atoms with Crippen molar-refractivity contribution >= 4 is 163 Å². The zero-order chi connectivity index (χ0) is 81.2. The molecule has 0 atom stereocenters. The van der Waals surface area contributed by atoms with E-state index >= 15 is 0 Å². The van der Waals surface area contributed by atoms with Crippen LogP contribution in [0.5, 0.6) is 0 Å². The number of hydrogen-bond donors (Lipinski definition) is 9. The number of carbonyl (C=O) groups excluding carboxylic acids is 8. The molecule has 4 saturated carbocycles. The smallest absolute Gasteiger partial charge is 0.252 e. The van der Waals surface area contributed by atoms with Gasteiger partial charge in [0, 0.05) is 68.6 Å². The Hall–Kier alpha value is -13.9. The van der Waals surface area contributed by atoms with Gasteiger partial charge in [0.1, 0.15) is 20.1 Å². The summed E-state index contributed by atoms with van der Waals surface area (Å²) < 4.78 is 13.3. The van der Waals surface area contributed by atoms with Crippen molar-refractivity contribution in [3.8, 4) is 0 Å². The molecule has 0 radical (unpaired) electrons. The lowest BCUT2D eigenvalue weighted by molar-refractivity contribution is -0.118. The number of primary amides is 1. The predicted octanol–water partition coefficient (Wildman–Crippen LogP) is 6.02. The number of aromatic nitrogens is 24. The molecule has 16 heterocycles. The van der Waals surface area contributed by atoms with Crippen LogP contribution in [0.15, 0.2) is 187 Å². The van der Waals surface area contributed by atoms with Gasteiger partial charge >= 0.3 is 0 Å². The summed E-state index contributed by atoms with van der Waals surface area (Å²) in [7, 11) is 1.58. The number of carbonyl (C=O) groups is 8. The summed E-state index contributed by atoms with van der Waals surface area (Å²) in [6.45, 7) is 2.48. The van der Waals surface area contributed by atoms with Gasteiger partial charge in [-0.1, -0.05) is 0 Å². The maximum Gasteiger partial charge on any atom is 0.252 e. The largest absolute Gasteiger partial charge is 0.395 e. The van der Waals surface area contributed by atoms with Crippen LogP contribution in [-0.4, -0.2) is 196 Å². The van der Waals surface area contributed by atoms with E-state index in [9.17, 15) is 38.4 Å². The first kappa shape index (κ1) is 76.7. The number of pyridine rings is 4. The fourth-order valence-corrected chi connectivity index (χ4v) is 14.7. The molecule has 45 heteroatoms. The average Bonchev–Trinajstić information content (AvgIpc) is 1.65. The van der Waals surface area contributed by atoms with Crippen molar-refractivity contribution in [2.75, 3.05) is 48.0 Å². The summed E-state index contributed by atoms with van der Waals surface area (Å²) in [5, 5.41) is 84.4. The molecule has 0 unspecified atom stereocenters. The number of rotatable bonds is 23. The number of fused-ring (bicyclic) bond motifs is 8. The lowest BCUT2D eigenvalue weighted by Gasteiger charge is -2.05. The molecule has 0 aromatic carbocycles. The molecule has 20 rings (SSSR count). The average molecular weight is 1660 g/mol. The molecule has 0 spiro atoms. The second-order valence-corrected chi connectivity index (χ2v) is 31.1. The Kier molecular flexibility index (Phi) is 21.5. The van der Waals surface area contributed by atoms with Crippen molar-refractivity contribution in [1.82, 2.24) is 133 Å². The number of imidazole rings is 4. The molecule has 10 N–H and O–H groups in total. The van der Waals surface area contributed by atoms with E-state index in [-0.39, 0.29) is 78.2 Å². The minimum atomic E-state index is -0.523. The van der Waals surface area contributed by atoms with Gasteiger partial charge in [-0.15, -0.1) is 40.8 Å². The molecule has 4 aliphatic carbocycles. The van der Waals surface area contributed by atoms with Gasteiger partial charge in [0.05, 0.1) is 53.6 Å². The first-order valence-corrected chi connectivity index (χ1v) is 40.1. The van der Waals surface area contributed by atoms with Crippen molar-refractivity contribution in [3.05, 3.63) is 169 Å². The van der Waals surface area contributed by atoms with E-state index in [0.717, 1.165) is 51.4 Å². The number of nitrogens with zero attached hydrogens (tertiary/aromatic N) is 24. The molecular weight excluding hydrogens is 1600 g/mol. The highest BCUT2D eigenvalue weighted by Gasteiger charge is 2.33. The lowest BCUT2D eigenvalue weighted by Crippen LogP contribution is -2.26. The van der Waals surface area contributed by atoms with Gasteiger partial charge in [0.25, 0.3) is 17.7 Å². The minimum Gasteiger partial charge on any atom is -0.395 e. The first-order chi connectivity index (χ1) is 57.4. The third-order valence-electron chi connectivity index (χ3n) is 18.3. The number of nitrogens with one attached hydrogen (secondary N) is 7. The van der Waals surface area contributed by atoms with Crippen LogP contribution in [0.2, 0.25) is 0 Å². The highest BCUT2D eigenvalue weighted by Crippen LogP contribution is 2.35. The molecule has 118 heavy (non-hydrogen) atoms. The van der Waals surface area contributed by atoms with E-state index in [1.165, 1.54) is 47.0 Å². The van der Waals surface area contributed by atoms with Crippen LogP contribution in [0.25, 0.3) is 45.2 Å². The molecule has 41 nitrogen and oxygen atoms in total. The zero-order valence-electron chi connectivity index (χ0n) is 62.1. The summed E-state index contributed by atoms with van der Waals surface area (Å²) in [6, 6.07) is 28.1. The van der Waals surface area contributed by atoms with E-state index in [1.54, 1.807) is 165 Å². The molecule has 4 aliphatic rings. The van der Waals surface area contributed by atoms with Crippen LogP contribution in [-0.2, 0) is 19.2 Å². The van der Waals surface area contributed by atoms with Crippen molar-refractivity contribution in [2.24, 2.45) is 29.4 Å². The number of amides is 8. The Morgan fingerprint density at radius 3 is 0.907 bits per heavy atom. The van der Waals surface area contributed by atoms with Crippen LogP contribution < -0.4 is 43.0 Å². The lowest BCUT2D eigenvalue weighted by atomic mass is 10.2. The topological polar surface area (TPSA) is 509 Å². The van der Waals surface area contributed by atoms with Crippen LogP contribution in [0.4, 0.5) is 23.3 Å². The molecule has 0 saturated heterocycles. The van der Waals surface area contributed by atoms with Gasteiger partial charge in [-0.3, -0.25) is 56.0 Å². The number of aliphatic hydroxyl groups is 1. The molecule has 596 valence electrons. The standard InChI is InChI=1S/C19H18N8O3S.C19H18N8O2S.C18H16N8O2S.C17H14N8O2S/c28-8-7-20-17(29)12-3-4-15-23-24-19(26(15)9-12)31-16-6-5-14-21-13(10-27(14)25-16)22-18(30)11-1-2-11;1-2-20-17(28)12-5-6-15-23-24-19(26(15)9-12)30-16-8-7-14-21-13(10-27(14)25-16)22-18(29)11-3-4-11;1-19-16(27)11-4-5-14-22-23-18(25(14)8-11)29-15-7-6-13-20-12(9-26(13)24-15)21-17(28)10-2-3-10;18-15(26)10-3-4-13-21-22-17(24(13)7-10)28-14-6-5-12-19-11(8-25(12)23-14)20-16(27)9-1-2-9/h3-6,9-11,28H,1-2,7-8H2,(H,20,29)(H,22,30);5-11H,2-4H2,1H3,(H,20,28)(H,22,29);4-10H,2-3H2,1H3,(H,19,27)(H,21,28);3-9H,1-2H2,(H2,18,26)(H,20,27). The van der Waals surface area contributed by atoms with E-state index < -0.39 is 5.91 Å². The van der Waals surface area contributed by atoms with Gasteiger partial charge in [0.2, 0.25) is 50.2 Å². The highest BCUT2D eigenvalue weighted by atomic mass is 32.2. The van der Waals surface area contributed by atoms with Crippen molar-refractivity contribution in [3.63, 3.8) is 0 Å². The first-order valence-electron chi connectivity index (χ1n) is 36.9. The third kappa shape index (κ3) is 17.7. The second-order valence-electron chi connectivity index (χ2n) is 27.2. The summed E-state index contributed by atoms with van der Waals surface area (Å²) in [5.41, 5.74) is 12.1. The third-order valence-corrected chi connectivity index (χ3v) is 21.8. The molecule has 0 aliphatic heterocycles. The van der Waals surface area contributed by atoms with Gasteiger partial charge in [-0.25, -0.2) is 38.0 Å². The molecule has 4 fully saturated rings. The Morgan fingerprint density at radius 1 is 0.364 bits per heavy atom. The molecule has 16 aromatic rings. The van der Waals surface area contributed by atoms with Gasteiger partial charge in [-0.05, 0) is 202 Å². The Labute approximate surface area is 680 Å². The van der Waals surface area contributed by atoms with E-state index in [0.29, 0.717) is 138 Å². The predicted molar refractivity (Wildman–Crippen MR) is 425 cm³/mol. The van der Waals surface area contributed by atoms with Crippen LogP contribution in [0, 0.1) is 23.7 Å². The quantitative estimate of drug-likeness (QED) is 0.0353. The summed E-state index contributed by atoms with van der Waals surface area (Å²) in [4.78, 5) is 113. The van der Waals surface area contributed by atoms with Crippen molar-refractivity contribution in [1.29, 1.82) is 0 Å². The van der Waals surface area contributed by atoms with Crippen molar-refractivity contribution < 1.29 is 43.5 Å². The summed E-state index contributed by atoms with van der Waals surface area (Å²) in [6.07, 6.45) is 20.8. The Morgan fingerprint density at radius 2 is 0.636 bits per heavy atom. The summed E-state index contributed by atoms with van der Waals surface area (Å²) >= 11 is 5.21. The second kappa shape index (κ2) is 33.1. The summed E-state index contributed by atoms with van der Waals surface area (Å²) in [5.74, 6) is 1.20. The Bertz CT molecular complexity index is 6650. The SMILES string of the molecule is CCNC(=O)c1ccc2nnc(Sc3ccc4nc(NC(=O)C5CC5)cn4n3)n2c1.CNC(=O)c1ccc2nnc(Sc3ccc4nc(NC(=O)C5CC5)cn4n3)n2c1.NC(=O)c1ccc2nnc(Sc3ccc4nc(NC(=O)C5CC5)cn4n3)n2c1.O=C(NCCO)c1ccc2nnc(Sc3ccc4nc(NC(=O)C5CC5)cn4n3)n2c1. The molecular formula is C73H66N32O9S4. The van der Waals surface area contributed by atoms with Gasteiger partial charge in [0.15, 0.2) is 68.4 Å². The monoisotopic (exact) mass is 1660 g/mol. The normalized spacial score (nSPS) is 13.7. The van der Waals surface area contributed by atoms with Crippen molar-refractivity contribution in [2.45, 2.75) is 99.0 Å². The maximum atomic E-state index is 12.2. The number of nitrogens with two attached hydrogens (primary N) is 1. The van der Waals surface area contributed by atoms with Gasteiger partial charge in [-0.2, -0.15) is 20.4 Å². The highest BCUT2D eigenvalue weighted by molar-refractivity contribution is 7.99.